The SMILES string of the molecule is Cc1ncc(CNc2cccc(C(C)(C)C)n2)n1C. The molecular weight excluding hydrogens is 236 g/mol. The molecule has 0 aliphatic carbocycles. The molecule has 0 radical (unpaired) electrons. The highest BCUT2D eigenvalue weighted by molar-refractivity contribution is 5.37. The van der Waals surface area contributed by atoms with Crippen molar-refractivity contribution in [2.45, 2.75) is 39.7 Å². The summed E-state index contributed by atoms with van der Waals surface area (Å²) in [5, 5.41) is 3.36. The van der Waals surface area contributed by atoms with Gasteiger partial charge in [-0.15, -0.1) is 0 Å². The van der Waals surface area contributed by atoms with E-state index in [0.29, 0.717) is 0 Å². The van der Waals surface area contributed by atoms with Gasteiger partial charge in [0.25, 0.3) is 0 Å². The minimum Gasteiger partial charge on any atom is -0.364 e. The number of hydrogen-bond donors (Lipinski definition) is 1. The van der Waals surface area contributed by atoms with Crippen LogP contribution in [0.1, 0.15) is 38.0 Å². The Morgan fingerprint density at radius 3 is 2.58 bits per heavy atom. The fourth-order valence-corrected chi connectivity index (χ4v) is 1.85. The number of rotatable bonds is 3. The number of nitrogens with zero attached hydrogens (tertiary/aromatic N) is 3. The first kappa shape index (κ1) is 13.6. The predicted octanol–water partition coefficient (Wildman–Crippen LogP) is 3.03. The van der Waals surface area contributed by atoms with Crippen molar-refractivity contribution in [3.63, 3.8) is 0 Å². The van der Waals surface area contributed by atoms with E-state index in [1.165, 1.54) is 0 Å². The third-order valence-corrected chi connectivity index (χ3v) is 3.28. The normalized spacial score (nSPS) is 11.6. The van der Waals surface area contributed by atoms with Crippen LogP contribution in [0.2, 0.25) is 0 Å². The largest absolute Gasteiger partial charge is 0.364 e. The number of pyridine rings is 1. The topological polar surface area (TPSA) is 42.7 Å². The van der Waals surface area contributed by atoms with E-state index in [-0.39, 0.29) is 5.41 Å². The molecule has 2 aromatic rings. The van der Waals surface area contributed by atoms with Crippen LogP contribution in [0.15, 0.2) is 24.4 Å². The van der Waals surface area contributed by atoms with E-state index in [1.54, 1.807) is 0 Å². The lowest BCUT2D eigenvalue weighted by Crippen LogP contribution is -2.14. The minimum absolute atomic E-state index is 0.0702. The first-order chi connectivity index (χ1) is 8.88. The van der Waals surface area contributed by atoms with E-state index in [1.807, 2.05) is 32.3 Å². The van der Waals surface area contributed by atoms with Crippen LogP contribution in [0, 0.1) is 6.92 Å². The van der Waals surface area contributed by atoms with E-state index in [0.717, 1.165) is 29.6 Å². The summed E-state index contributed by atoms with van der Waals surface area (Å²) in [7, 11) is 2.03. The summed E-state index contributed by atoms with van der Waals surface area (Å²) < 4.78 is 2.08. The molecule has 0 aromatic carbocycles. The Bertz CT molecular complexity index is 564. The van der Waals surface area contributed by atoms with Crippen molar-refractivity contribution in [1.29, 1.82) is 0 Å². The van der Waals surface area contributed by atoms with Crippen molar-refractivity contribution in [3.05, 3.63) is 41.6 Å². The standard InChI is InChI=1S/C15H22N4/c1-11-16-9-12(19(11)5)10-17-14-8-6-7-13(18-14)15(2,3)4/h6-9H,10H2,1-5H3,(H,17,18). The summed E-state index contributed by atoms with van der Waals surface area (Å²) in [6.07, 6.45) is 1.90. The van der Waals surface area contributed by atoms with Crippen molar-refractivity contribution in [2.75, 3.05) is 5.32 Å². The summed E-state index contributed by atoms with van der Waals surface area (Å²) in [5.41, 5.74) is 2.32. The molecule has 4 heteroatoms. The Morgan fingerprint density at radius 2 is 2.00 bits per heavy atom. The summed E-state index contributed by atoms with van der Waals surface area (Å²) in [4.78, 5) is 8.94. The zero-order valence-electron chi connectivity index (χ0n) is 12.4. The second-order valence-electron chi connectivity index (χ2n) is 5.87. The van der Waals surface area contributed by atoms with E-state index >= 15 is 0 Å². The molecule has 102 valence electrons. The summed E-state index contributed by atoms with van der Waals surface area (Å²) in [5.74, 6) is 1.93. The molecule has 0 bridgehead atoms. The smallest absolute Gasteiger partial charge is 0.126 e. The van der Waals surface area contributed by atoms with E-state index < -0.39 is 0 Å². The first-order valence-electron chi connectivity index (χ1n) is 6.56. The molecule has 4 nitrogen and oxygen atoms in total. The lowest BCUT2D eigenvalue weighted by Gasteiger charge is -2.18. The highest BCUT2D eigenvalue weighted by Gasteiger charge is 2.15. The van der Waals surface area contributed by atoms with Crippen molar-refractivity contribution >= 4 is 5.82 Å². The lowest BCUT2D eigenvalue weighted by molar-refractivity contribution is 0.569. The first-order valence-corrected chi connectivity index (χ1v) is 6.56. The van der Waals surface area contributed by atoms with Gasteiger partial charge in [-0.3, -0.25) is 0 Å². The molecule has 1 N–H and O–H groups in total. The number of nitrogens with one attached hydrogen (secondary N) is 1. The Labute approximate surface area is 114 Å². The van der Waals surface area contributed by atoms with E-state index in [2.05, 4.69) is 46.7 Å². The zero-order chi connectivity index (χ0) is 14.0. The van der Waals surface area contributed by atoms with Gasteiger partial charge < -0.3 is 9.88 Å². The highest BCUT2D eigenvalue weighted by atomic mass is 15.1. The number of anilines is 1. The molecule has 0 saturated heterocycles. The van der Waals surface area contributed by atoms with Crippen LogP contribution in [-0.2, 0) is 19.0 Å². The quantitative estimate of drug-likeness (QED) is 0.920. The number of imidazole rings is 1. The molecule has 0 aliphatic rings. The van der Waals surface area contributed by atoms with Gasteiger partial charge in [0.05, 0.1) is 18.4 Å². The van der Waals surface area contributed by atoms with Crippen molar-refractivity contribution in [2.24, 2.45) is 7.05 Å². The van der Waals surface area contributed by atoms with Gasteiger partial charge in [-0.1, -0.05) is 26.8 Å². The van der Waals surface area contributed by atoms with Crippen LogP contribution in [-0.4, -0.2) is 14.5 Å². The molecule has 0 spiro atoms. The molecule has 0 saturated carbocycles. The third kappa shape index (κ3) is 3.13. The minimum atomic E-state index is 0.0702. The van der Waals surface area contributed by atoms with Crippen LogP contribution in [0.4, 0.5) is 5.82 Å². The van der Waals surface area contributed by atoms with Crippen LogP contribution in [0.25, 0.3) is 0 Å². The maximum atomic E-state index is 4.65. The maximum absolute atomic E-state index is 4.65. The molecule has 0 amide bonds. The van der Waals surface area contributed by atoms with Crippen LogP contribution >= 0.6 is 0 Å². The van der Waals surface area contributed by atoms with Crippen molar-refractivity contribution < 1.29 is 0 Å². The molecule has 19 heavy (non-hydrogen) atoms. The van der Waals surface area contributed by atoms with Gasteiger partial charge in [-0.2, -0.15) is 0 Å². The molecule has 2 aromatic heterocycles. The molecular formula is C15H22N4. The van der Waals surface area contributed by atoms with Crippen LogP contribution in [0.3, 0.4) is 0 Å². The zero-order valence-corrected chi connectivity index (χ0v) is 12.4. The number of aromatic nitrogens is 3. The van der Waals surface area contributed by atoms with Crippen molar-refractivity contribution in [1.82, 2.24) is 14.5 Å². The maximum Gasteiger partial charge on any atom is 0.126 e. The average molecular weight is 258 g/mol. The van der Waals surface area contributed by atoms with Gasteiger partial charge in [0, 0.05) is 18.2 Å². The second-order valence-corrected chi connectivity index (χ2v) is 5.87. The van der Waals surface area contributed by atoms with Gasteiger partial charge in [0.15, 0.2) is 0 Å². The number of aryl methyl sites for hydroxylation is 1. The fourth-order valence-electron chi connectivity index (χ4n) is 1.85. The Balaban J connectivity index is 2.10. The predicted molar refractivity (Wildman–Crippen MR) is 78.2 cm³/mol. The number of hydrogen-bond acceptors (Lipinski definition) is 3. The summed E-state index contributed by atoms with van der Waals surface area (Å²) in [6, 6.07) is 6.11. The Kier molecular flexibility index (Phi) is 3.60. The van der Waals surface area contributed by atoms with Gasteiger partial charge >= 0.3 is 0 Å². The Hall–Kier alpha value is -1.84. The summed E-state index contributed by atoms with van der Waals surface area (Å²) in [6.45, 7) is 9.25. The molecule has 2 rings (SSSR count). The van der Waals surface area contributed by atoms with Crippen LogP contribution in [0.5, 0.6) is 0 Å². The lowest BCUT2D eigenvalue weighted by atomic mass is 9.92. The van der Waals surface area contributed by atoms with Gasteiger partial charge in [-0.25, -0.2) is 9.97 Å². The molecule has 2 heterocycles. The van der Waals surface area contributed by atoms with Crippen molar-refractivity contribution in [3.8, 4) is 0 Å². The molecule has 0 atom stereocenters. The van der Waals surface area contributed by atoms with Gasteiger partial charge in [0.2, 0.25) is 0 Å². The van der Waals surface area contributed by atoms with Gasteiger partial charge in [0.1, 0.15) is 11.6 Å². The highest BCUT2D eigenvalue weighted by Crippen LogP contribution is 2.21. The Morgan fingerprint density at radius 1 is 1.26 bits per heavy atom. The summed E-state index contributed by atoms with van der Waals surface area (Å²) >= 11 is 0. The third-order valence-electron chi connectivity index (χ3n) is 3.28. The monoisotopic (exact) mass is 258 g/mol. The molecule has 0 fully saturated rings. The van der Waals surface area contributed by atoms with E-state index in [4.69, 9.17) is 0 Å². The van der Waals surface area contributed by atoms with Crippen LogP contribution < -0.4 is 5.32 Å². The fraction of sp³-hybridized carbons (Fsp3) is 0.467. The molecule has 0 aliphatic heterocycles. The van der Waals surface area contributed by atoms with Gasteiger partial charge in [-0.05, 0) is 19.1 Å². The second kappa shape index (κ2) is 5.03. The van der Waals surface area contributed by atoms with E-state index in [9.17, 15) is 0 Å². The molecule has 0 unspecified atom stereocenters. The average Bonchev–Trinajstić information content (AvgIpc) is 2.67.